The molecule has 1 aromatic heterocycles. The molecule has 17 heavy (non-hydrogen) atoms. The van der Waals surface area contributed by atoms with Crippen LogP contribution in [-0.2, 0) is 6.54 Å². The fourth-order valence-corrected chi connectivity index (χ4v) is 1.85. The van der Waals surface area contributed by atoms with Crippen molar-refractivity contribution in [2.75, 3.05) is 12.8 Å². The minimum atomic E-state index is 0.671. The Bertz CT molecular complexity index is 533. The van der Waals surface area contributed by atoms with Crippen molar-refractivity contribution in [3.05, 3.63) is 24.0 Å². The van der Waals surface area contributed by atoms with Gasteiger partial charge in [0.25, 0.3) is 0 Å². The highest BCUT2D eigenvalue weighted by atomic mass is 16.5. The number of hydrogen-bond acceptors (Lipinski definition) is 4. The van der Waals surface area contributed by atoms with Crippen molar-refractivity contribution in [3.63, 3.8) is 0 Å². The Labute approximate surface area is 100 Å². The summed E-state index contributed by atoms with van der Waals surface area (Å²) >= 11 is 0. The third-order valence-electron chi connectivity index (χ3n) is 2.72. The Hall–Kier alpha value is -2.04. The minimum Gasteiger partial charge on any atom is -0.496 e. The molecule has 2 N–H and O–H groups in total. The molecule has 0 bridgehead atoms. The number of ether oxygens (including phenoxy) is 1. The number of benzene rings is 1. The predicted octanol–water partition coefficient (Wildman–Crippen LogP) is 1.86. The van der Waals surface area contributed by atoms with Gasteiger partial charge in [0, 0.05) is 18.3 Å². The fourth-order valence-electron chi connectivity index (χ4n) is 1.85. The molecule has 2 rings (SSSR count). The Morgan fingerprint density at radius 3 is 2.76 bits per heavy atom. The van der Waals surface area contributed by atoms with E-state index in [0.29, 0.717) is 11.4 Å². The lowest BCUT2D eigenvalue weighted by molar-refractivity contribution is 0.416. The largest absolute Gasteiger partial charge is 0.496 e. The second kappa shape index (κ2) is 4.45. The fraction of sp³-hybridized carbons (Fsp3) is 0.333. The Morgan fingerprint density at radius 1 is 1.35 bits per heavy atom. The van der Waals surface area contributed by atoms with Crippen LogP contribution < -0.4 is 10.5 Å². The van der Waals surface area contributed by atoms with Gasteiger partial charge < -0.3 is 15.0 Å². The van der Waals surface area contributed by atoms with Gasteiger partial charge in [-0.15, -0.1) is 10.2 Å². The number of rotatable bonds is 3. The topological polar surface area (TPSA) is 66.0 Å². The molecular weight excluding hydrogens is 216 g/mol. The van der Waals surface area contributed by atoms with E-state index in [4.69, 9.17) is 10.5 Å². The molecule has 0 spiro atoms. The number of methoxy groups -OCH3 is 1. The highest BCUT2D eigenvalue weighted by Gasteiger charge is 2.14. The molecule has 0 atom stereocenters. The lowest BCUT2D eigenvalue weighted by atomic mass is 10.1. The molecule has 5 nitrogen and oxygen atoms in total. The Morgan fingerprint density at radius 2 is 2.12 bits per heavy atom. The van der Waals surface area contributed by atoms with Crippen LogP contribution in [-0.4, -0.2) is 21.9 Å². The van der Waals surface area contributed by atoms with Crippen LogP contribution in [0.4, 0.5) is 5.69 Å². The zero-order chi connectivity index (χ0) is 12.4. The first-order valence-corrected chi connectivity index (χ1v) is 5.51. The summed E-state index contributed by atoms with van der Waals surface area (Å²) in [5.41, 5.74) is 7.31. The van der Waals surface area contributed by atoms with Crippen molar-refractivity contribution in [3.8, 4) is 17.1 Å². The van der Waals surface area contributed by atoms with Gasteiger partial charge >= 0.3 is 0 Å². The quantitative estimate of drug-likeness (QED) is 0.820. The van der Waals surface area contributed by atoms with Crippen molar-refractivity contribution in [2.24, 2.45) is 0 Å². The molecule has 0 radical (unpaired) electrons. The Balaban J connectivity index is 2.59. The highest BCUT2D eigenvalue weighted by molar-refractivity contribution is 5.68. The zero-order valence-corrected chi connectivity index (χ0v) is 10.3. The molecule has 0 aliphatic carbocycles. The molecule has 0 aliphatic rings. The third kappa shape index (κ3) is 1.95. The first-order valence-electron chi connectivity index (χ1n) is 5.51. The van der Waals surface area contributed by atoms with Crippen LogP contribution in [0.5, 0.6) is 5.75 Å². The van der Waals surface area contributed by atoms with E-state index >= 15 is 0 Å². The van der Waals surface area contributed by atoms with Crippen molar-refractivity contribution >= 4 is 5.69 Å². The van der Waals surface area contributed by atoms with E-state index in [9.17, 15) is 0 Å². The van der Waals surface area contributed by atoms with Crippen molar-refractivity contribution in [1.82, 2.24) is 14.8 Å². The maximum atomic E-state index is 5.73. The van der Waals surface area contributed by atoms with Gasteiger partial charge in [-0.1, -0.05) is 0 Å². The molecule has 0 aliphatic heterocycles. The number of nitrogen functional groups attached to an aromatic ring is 1. The molecule has 5 heteroatoms. The number of nitrogens with two attached hydrogens (primary N) is 1. The molecule has 90 valence electrons. The van der Waals surface area contributed by atoms with E-state index in [0.717, 1.165) is 23.8 Å². The van der Waals surface area contributed by atoms with E-state index in [1.807, 2.05) is 23.6 Å². The molecule has 1 heterocycles. The molecule has 0 saturated heterocycles. The summed E-state index contributed by atoms with van der Waals surface area (Å²) < 4.78 is 7.36. The first-order chi connectivity index (χ1) is 8.17. The van der Waals surface area contributed by atoms with E-state index in [1.165, 1.54) is 0 Å². The number of aromatic nitrogens is 3. The van der Waals surface area contributed by atoms with Crippen LogP contribution in [0.1, 0.15) is 12.7 Å². The van der Waals surface area contributed by atoms with Crippen LogP contribution in [0.25, 0.3) is 11.4 Å². The van der Waals surface area contributed by atoms with Gasteiger partial charge in [-0.2, -0.15) is 0 Å². The monoisotopic (exact) mass is 232 g/mol. The van der Waals surface area contributed by atoms with Gasteiger partial charge in [0.1, 0.15) is 11.6 Å². The van der Waals surface area contributed by atoms with E-state index in [2.05, 4.69) is 17.1 Å². The molecule has 2 aromatic rings. The number of aryl methyl sites for hydroxylation is 1. The van der Waals surface area contributed by atoms with Crippen LogP contribution in [0.2, 0.25) is 0 Å². The van der Waals surface area contributed by atoms with E-state index in [1.54, 1.807) is 13.2 Å². The summed E-state index contributed by atoms with van der Waals surface area (Å²) in [6.45, 7) is 4.81. The van der Waals surface area contributed by atoms with Gasteiger partial charge in [0.15, 0.2) is 5.82 Å². The maximum Gasteiger partial charge on any atom is 0.167 e. The van der Waals surface area contributed by atoms with Crippen molar-refractivity contribution in [2.45, 2.75) is 20.4 Å². The van der Waals surface area contributed by atoms with Crippen LogP contribution >= 0.6 is 0 Å². The second-order valence-electron chi connectivity index (χ2n) is 3.77. The van der Waals surface area contributed by atoms with Crippen LogP contribution in [0.15, 0.2) is 18.2 Å². The SMILES string of the molecule is CCn1c(C)nnc1-c1ccc(N)cc1OC. The summed E-state index contributed by atoms with van der Waals surface area (Å²) in [5.74, 6) is 2.41. The van der Waals surface area contributed by atoms with Crippen LogP contribution in [0, 0.1) is 6.92 Å². The summed E-state index contributed by atoms with van der Waals surface area (Å²) in [6, 6.07) is 5.53. The van der Waals surface area contributed by atoms with Gasteiger partial charge in [-0.3, -0.25) is 0 Å². The number of anilines is 1. The number of nitrogens with zero attached hydrogens (tertiary/aromatic N) is 3. The lowest BCUT2D eigenvalue weighted by Crippen LogP contribution is -2.01. The minimum absolute atomic E-state index is 0.671. The highest BCUT2D eigenvalue weighted by Crippen LogP contribution is 2.30. The summed E-state index contributed by atoms with van der Waals surface area (Å²) in [6.07, 6.45) is 0. The maximum absolute atomic E-state index is 5.73. The van der Waals surface area contributed by atoms with Crippen LogP contribution in [0.3, 0.4) is 0 Å². The Kier molecular flexibility index (Phi) is 2.99. The van der Waals surface area contributed by atoms with Gasteiger partial charge in [-0.05, 0) is 26.0 Å². The molecule has 0 amide bonds. The average molecular weight is 232 g/mol. The summed E-state index contributed by atoms with van der Waals surface area (Å²) in [4.78, 5) is 0. The zero-order valence-electron chi connectivity index (χ0n) is 10.3. The van der Waals surface area contributed by atoms with Crippen molar-refractivity contribution in [1.29, 1.82) is 0 Å². The van der Waals surface area contributed by atoms with Gasteiger partial charge in [0.05, 0.1) is 12.7 Å². The van der Waals surface area contributed by atoms with E-state index in [-0.39, 0.29) is 0 Å². The normalized spacial score (nSPS) is 10.5. The van der Waals surface area contributed by atoms with Gasteiger partial charge in [0.2, 0.25) is 0 Å². The predicted molar refractivity (Wildman–Crippen MR) is 66.8 cm³/mol. The smallest absolute Gasteiger partial charge is 0.167 e. The number of hydrogen-bond donors (Lipinski definition) is 1. The second-order valence-corrected chi connectivity index (χ2v) is 3.77. The third-order valence-corrected chi connectivity index (χ3v) is 2.72. The molecule has 0 fully saturated rings. The molecule has 1 aromatic carbocycles. The molecule has 0 unspecified atom stereocenters. The summed E-state index contributed by atoms with van der Waals surface area (Å²) in [5, 5.41) is 8.28. The molecule has 0 saturated carbocycles. The van der Waals surface area contributed by atoms with Gasteiger partial charge in [-0.25, -0.2) is 0 Å². The average Bonchev–Trinajstić information content (AvgIpc) is 2.70. The summed E-state index contributed by atoms with van der Waals surface area (Å²) in [7, 11) is 1.62. The lowest BCUT2D eigenvalue weighted by Gasteiger charge is -2.10. The standard InChI is InChI=1S/C12H16N4O/c1-4-16-8(2)14-15-12(16)10-6-5-9(13)7-11(10)17-3/h5-7H,4,13H2,1-3H3. The first kappa shape index (κ1) is 11.4. The van der Waals surface area contributed by atoms with Crippen molar-refractivity contribution < 1.29 is 4.74 Å². The van der Waals surface area contributed by atoms with E-state index < -0.39 is 0 Å². The molecular formula is C12H16N4O.